The molecule has 27 heavy (non-hydrogen) atoms. The van der Waals surface area contributed by atoms with Gasteiger partial charge in [0.2, 0.25) is 0 Å². The van der Waals surface area contributed by atoms with Gasteiger partial charge in [-0.2, -0.15) is 0 Å². The van der Waals surface area contributed by atoms with Crippen LogP contribution in [0.4, 0.5) is 0 Å². The largest absolute Gasteiger partial charge is 0.479 e. The maximum Gasteiger partial charge on any atom is 0.332 e. The highest BCUT2D eigenvalue weighted by molar-refractivity contribution is 5.87. The number of allylic oxidation sites excluding steroid dienone is 3. The fourth-order valence-electron chi connectivity index (χ4n) is 3.63. The number of aliphatic hydroxyl groups is 2. The van der Waals surface area contributed by atoms with Gasteiger partial charge < -0.3 is 15.3 Å². The molecular weight excluding hydrogens is 344 g/mol. The number of rotatable bonds is 12. The molecule has 0 saturated heterocycles. The Bertz CT molecular complexity index is 549. The number of unbranched alkanes of at least 4 members (excludes halogenated alkanes) is 2. The van der Waals surface area contributed by atoms with Crippen molar-refractivity contribution in [3.8, 4) is 0 Å². The Hall–Kier alpha value is -1.46. The van der Waals surface area contributed by atoms with E-state index < -0.39 is 23.1 Å². The van der Waals surface area contributed by atoms with Crippen molar-refractivity contribution in [1.82, 2.24) is 0 Å². The predicted molar refractivity (Wildman–Crippen MR) is 106 cm³/mol. The Morgan fingerprint density at radius 3 is 2.70 bits per heavy atom. The van der Waals surface area contributed by atoms with Crippen LogP contribution in [0.2, 0.25) is 0 Å². The van der Waals surface area contributed by atoms with E-state index in [1.54, 1.807) is 0 Å². The molecule has 0 amide bonds. The van der Waals surface area contributed by atoms with E-state index in [0.29, 0.717) is 19.3 Å². The Kier molecular flexibility index (Phi) is 9.40. The zero-order chi connectivity index (χ0) is 20.5. The Labute approximate surface area is 163 Å². The SMILES string of the molecule is CCCCCC(C)(O)C=C[C@H]1CCC(=O)[C@]1(C)CC=CCCC(O)C(=O)O. The molecule has 1 aliphatic rings. The molecule has 0 spiro atoms. The van der Waals surface area contributed by atoms with Crippen LogP contribution >= 0.6 is 0 Å². The topological polar surface area (TPSA) is 94.8 Å². The van der Waals surface area contributed by atoms with Gasteiger partial charge in [0.05, 0.1) is 5.60 Å². The number of hydrogen-bond donors (Lipinski definition) is 3. The highest BCUT2D eigenvalue weighted by Gasteiger charge is 2.43. The summed E-state index contributed by atoms with van der Waals surface area (Å²) in [4.78, 5) is 23.1. The van der Waals surface area contributed by atoms with Crippen molar-refractivity contribution in [3.05, 3.63) is 24.3 Å². The number of aliphatic hydroxyl groups excluding tert-OH is 1. The van der Waals surface area contributed by atoms with E-state index in [9.17, 15) is 19.8 Å². The van der Waals surface area contributed by atoms with Gasteiger partial charge in [-0.25, -0.2) is 4.79 Å². The minimum Gasteiger partial charge on any atom is -0.479 e. The van der Waals surface area contributed by atoms with Crippen LogP contribution in [0.1, 0.15) is 78.6 Å². The molecule has 0 aromatic carbocycles. The van der Waals surface area contributed by atoms with Gasteiger partial charge in [0.25, 0.3) is 0 Å². The summed E-state index contributed by atoms with van der Waals surface area (Å²) >= 11 is 0. The molecule has 2 unspecified atom stereocenters. The number of ketones is 1. The lowest BCUT2D eigenvalue weighted by atomic mass is 9.75. The van der Waals surface area contributed by atoms with E-state index in [-0.39, 0.29) is 18.1 Å². The van der Waals surface area contributed by atoms with E-state index in [1.807, 2.05) is 38.2 Å². The average molecular weight is 381 g/mol. The number of carbonyl (C=O) groups is 2. The van der Waals surface area contributed by atoms with Crippen molar-refractivity contribution < 1.29 is 24.9 Å². The van der Waals surface area contributed by atoms with Gasteiger partial charge >= 0.3 is 5.97 Å². The number of carboxylic acid groups (broad SMARTS) is 1. The van der Waals surface area contributed by atoms with E-state index in [1.165, 1.54) is 0 Å². The lowest BCUT2D eigenvalue weighted by Crippen LogP contribution is -2.28. The summed E-state index contributed by atoms with van der Waals surface area (Å²) in [6.45, 7) is 5.93. The summed E-state index contributed by atoms with van der Waals surface area (Å²) in [5, 5.41) is 28.5. The Balaban J connectivity index is 2.63. The quantitative estimate of drug-likeness (QED) is 0.351. The first-order valence-electron chi connectivity index (χ1n) is 10.1. The zero-order valence-electron chi connectivity index (χ0n) is 17.0. The molecule has 1 fully saturated rings. The van der Waals surface area contributed by atoms with Crippen LogP contribution in [0.5, 0.6) is 0 Å². The van der Waals surface area contributed by atoms with Gasteiger partial charge in [-0.05, 0) is 44.9 Å². The third-order valence-corrected chi connectivity index (χ3v) is 5.71. The summed E-state index contributed by atoms with van der Waals surface area (Å²) in [6, 6.07) is 0. The fourth-order valence-corrected chi connectivity index (χ4v) is 3.63. The number of aliphatic carboxylic acids is 1. The standard InChI is InChI=1S/C22H36O5/c1-4-5-8-14-21(2,27)16-13-17-11-12-19(24)22(17,3)15-9-6-7-10-18(23)20(25)26/h6,9,13,16-18,23,27H,4-5,7-8,10-12,14-15H2,1-3H3,(H,25,26)/t17-,18?,21?,22-/m1/s1. The average Bonchev–Trinajstić information content (AvgIpc) is 2.87. The highest BCUT2D eigenvalue weighted by atomic mass is 16.4. The maximum atomic E-state index is 12.5. The molecule has 0 bridgehead atoms. The zero-order valence-corrected chi connectivity index (χ0v) is 17.0. The van der Waals surface area contributed by atoms with E-state index in [2.05, 4.69) is 6.92 Å². The minimum atomic E-state index is -1.34. The molecular formula is C22H36O5. The summed E-state index contributed by atoms with van der Waals surface area (Å²) in [5.41, 5.74) is -1.33. The third kappa shape index (κ3) is 7.59. The van der Waals surface area contributed by atoms with Crippen molar-refractivity contribution in [2.24, 2.45) is 11.3 Å². The predicted octanol–water partition coefficient (Wildman–Crippen LogP) is 4.03. The number of Topliss-reactive ketones (excluding diaryl/α,β-unsaturated/α-hetero) is 1. The molecule has 154 valence electrons. The Morgan fingerprint density at radius 2 is 2.07 bits per heavy atom. The lowest BCUT2D eigenvalue weighted by Gasteiger charge is -2.28. The van der Waals surface area contributed by atoms with Crippen molar-refractivity contribution >= 4 is 11.8 Å². The Morgan fingerprint density at radius 1 is 1.37 bits per heavy atom. The van der Waals surface area contributed by atoms with Crippen LogP contribution in [0.25, 0.3) is 0 Å². The second kappa shape index (κ2) is 10.8. The second-order valence-corrected chi connectivity index (χ2v) is 8.27. The molecule has 0 radical (unpaired) electrons. The first-order valence-corrected chi connectivity index (χ1v) is 10.1. The maximum absolute atomic E-state index is 12.5. The van der Waals surface area contributed by atoms with Crippen LogP contribution in [0.15, 0.2) is 24.3 Å². The van der Waals surface area contributed by atoms with Crippen molar-refractivity contribution in [2.75, 3.05) is 0 Å². The molecule has 0 aliphatic heterocycles. The molecule has 4 atom stereocenters. The third-order valence-electron chi connectivity index (χ3n) is 5.71. The molecule has 1 saturated carbocycles. The number of carboxylic acids is 1. The van der Waals surface area contributed by atoms with Gasteiger partial charge in [0.1, 0.15) is 5.78 Å². The van der Waals surface area contributed by atoms with Crippen molar-refractivity contribution in [2.45, 2.75) is 90.3 Å². The fraction of sp³-hybridized carbons (Fsp3) is 0.727. The van der Waals surface area contributed by atoms with Crippen LogP contribution < -0.4 is 0 Å². The first kappa shape index (κ1) is 23.6. The lowest BCUT2D eigenvalue weighted by molar-refractivity contribution is -0.146. The molecule has 5 heteroatoms. The second-order valence-electron chi connectivity index (χ2n) is 8.27. The van der Waals surface area contributed by atoms with Crippen LogP contribution in [0, 0.1) is 11.3 Å². The molecule has 5 nitrogen and oxygen atoms in total. The normalized spacial score (nSPS) is 26.7. The molecule has 0 heterocycles. The molecule has 1 rings (SSSR count). The first-order chi connectivity index (χ1) is 12.6. The van der Waals surface area contributed by atoms with Gasteiger partial charge in [-0.3, -0.25) is 4.79 Å². The van der Waals surface area contributed by atoms with Gasteiger partial charge in [0.15, 0.2) is 6.10 Å². The van der Waals surface area contributed by atoms with Crippen LogP contribution in [0.3, 0.4) is 0 Å². The minimum absolute atomic E-state index is 0.0944. The molecule has 1 aliphatic carbocycles. The summed E-state index contributed by atoms with van der Waals surface area (Å²) in [7, 11) is 0. The molecule has 3 N–H and O–H groups in total. The van der Waals surface area contributed by atoms with Crippen molar-refractivity contribution in [3.63, 3.8) is 0 Å². The number of carbonyl (C=O) groups excluding carboxylic acids is 1. The van der Waals surface area contributed by atoms with Gasteiger partial charge in [-0.1, -0.05) is 57.4 Å². The monoisotopic (exact) mass is 380 g/mol. The van der Waals surface area contributed by atoms with Gasteiger partial charge in [0, 0.05) is 11.8 Å². The van der Waals surface area contributed by atoms with E-state index in [4.69, 9.17) is 5.11 Å². The summed E-state index contributed by atoms with van der Waals surface area (Å²) < 4.78 is 0. The highest BCUT2D eigenvalue weighted by Crippen LogP contribution is 2.44. The van der Waals surface area contributed by atoms with Crippen molar-refractivity contribution in [1.29, 1.82) is 0 Å². The van der Waals surface area contributed by atoms with Crippen LogP contribution in [-0.4, -0.2) is 38.8 Å². The van der Waals surface area contributed by atoms with E-state index >= 15 is 0 Å². The number of hydrogen-bond acceptors (Lipinski definition) is 4. The smallest absolute Gasteiger partial charge is 0.332 e. The summed E-state index contributed by atoms with van der Waals surface area (Å²) in [5.74, 6) is -0.882. The summed E-state index contributed by atoms with van der Waals surface area (Å²) in [6.07, 6.45) is 12.8. The van der Waals surface area contributed by atoms with Gasteiger partial charge in [-0.15, -0.1) is 0 Å². The molecule has 0 aromatic rings. The van der Waals surface area contributed by atoms with Crippen LogP contribution in [-0.2, 0) is 9.59 Å². The van der Waals surface area contributed by atoms with E-state index in [0.717, 1.165) is 32.1 Å². The molecule has 0 aromatic heterocycles.